The van der Waals surface area contributed by atoms with Crippen LogP contribution in [0.5, 0.6) is 0 Å². The molecule has 1 aromatic rings. The molecule has 0 fully saturated rings. The van der Waals surface area contributed by atoms with E-state index in [2.05, 4.69) is 84.2 Å². The van der Waals surface area contributed by atoms with Gasteiger partial charge in [-0.1, -0.05) is 78.0 Å². The molecule has 0 aliphatic carbocycles. The molecular weight excluding hydrogens is 344 g/mol. The molecule has 0 heterocycles. The van der Waals surface area contributed by atoms with E-state index >= 15 is 0 Å². The summed E-state index contributed by atoms with van der Waals surface area (Å²) in [6.45, 7) is 24.0. The number of nitrogens with zero attached hydrogens (tertiary/aromatic N) is 1. The van der Waals surface area contributed by atoms with E-state index in [4.69, 9.17) is 10.5 Å². The third-order valence-electron chi connectivity index (χ3n) is 5.01. The molecule has 0 aromatic heterocycles. The Labute approximate surface area is 174 Å². The molecule has 2 N–H and O–H groups in total. The van der Waals surface area contributed by atoms with E-state index < -0.39 is 0 Å². The Morgan fingerprint density at radius 2 is 1.64 bits per heavy atom. The van der Waals surface area contributed by atoms with Crippen LogP contribution in [-0.2, 0) is 11.2 Å². The summed E-state index contributed by atoms with van der Waals surface area (Å²) >= 11 is 0. The highest BCUT2D eigenvalue weighted by atomic mass is 16.5. The SMILES string of the molecule is C=C(CCc1ccc(C)cc1)N(CC(C)C)CC(C)(C)COCC(C)(C)CN. The number of ether oxygens (including phenoxy) is 1. The van der Waals surface area contributed by atoms with Gasteiger partial charge in [0.2, 0.25) is 0 Å². The van der Waals surface area contributed by atoms with E-state index in [1.54, 1.807) is 0 Å². The molecule has 0 saturated carbocycles. The summed E-state index contributed by atoms with van der Waals surface area (Å²) in [4.78, 5) is 2.47. The normalized spacial score (nSPS) is 12.5. The van der Waals surface area contributed by atoms with Gasteiger partial charge in [-0.2, -0.15) is 0 Å². The highest BCUT2D eigenvalue weighted by Gasteiger charge is 2.25. The summed E-state index contributed by atoms with van der Waals surface area (Å²) in [5.74, 6) is 0.601. The van der Waals surface area contributed by atoms with Gasteiger partial charge in [0.15, 0.2) is 0 Å². The minimum atomic E-state index is 0.0331. The van der Waals surface area contributed by atoms with E-state index in [-0.39, 0.29) is 10.8 Å². The third kappa shape index (κ3) is 9.75. The van der Waals surface area contributed by atoms with Gasteiger partial charge in [-0.15, -0.1) is 0 Å². The van der Waals surface area contributed by atoms with Crippen molar-refractivity contribution in [1.82, 2.24) is 4.90 Å². The van der Waals surface area contributed by atoms with Gasteiger partial charge >= 0.3 is 0 Å². The van der Waals surface area contributed by atoms with Gasteiger partial charge in [-0.3, -0.25) is 0 Å². The zero-order chi connectivity index (χ0) is 21.4. The van der Waals surface area contributed by atoms with Gasteiger partial charge in [0.05, 0.1) is 13.2 Å². The van der Waals surface area contributed by atoms with Crippen molar-refractivity contribution in [1.29, 1.82) is 0 Å². The Balaban J connectivity index is 2.64. The van der Waals surface area contributed by atoms with Crippen molar-refractivity contribution >= 4 is 0 Å². The first-order valence-electron chi connectivity index (χ1n) is 10.7. The highest BCUT2D eigenvalue weighted by molar-refractivity contribution is 5.22. The minimum absolute atomic E-state index is 0.0331. The van der Waals surface area contributed by atoms with Crippen molar-refractivity contribution in [3.8, 4) is 0 Å². The average molecular weight is 389 g/mol. The molecule has 28 heavy (non-hydrogen) atoms. The molecule has 0 aliphatic rings. The summed E-state index contributed by atoms with van der Waals surface area (Å²) in [5.41, 5.74) is 9.83. The fourth-order valence-electron chi connectivity index (χ4n) is 3.17. The predicted molar refractivity (Wildman–Crippen MR) is 122 cm³/mol. The molecular formula is C25H44N2O. The van der Waals surface area contributed by atoms with Crippen molar-refractivity contribution in [3.63, 3.8) is 0 Å². The van der Waals surface area contributed by atoms with Crippen molar-refractivity contribution in [2.45, 2.75) is 61.3 Å². The summed E-state index contributed by atoms with van der Waals surface area (Å²) in [6, 6.07) is 8.83. The van der Waals surface area contributed by atoms with Crippen molar-refractivity contribution < 1.29 is 4.74 Å². The molecule has 1 rings (SSSR count). The maximum absolute atomic E-state index is 6.04. The Morgan fingerprint density at radius 3 is 2.18 bits per heavy atom. The fourth-order valence-corrected chi connectivity index (χ4v) is 3.17. The topological polar surface area (TPSA) is 38.5 Å². The number of hydrogen-bond donors (Lipinski definition) is 1. The summed E-state index contributed by atoms with van der Waals surface area (Å²) in [5, 5.41) is 0. The van der Waals surface area contributed by atoms with Gasteiger partial charge in [-0.05, 0) is 37.8 Å². The zero-order valence-corrected chi connectivity index (χ0v) is 19.5. The number of hydrogen-bond acceptors (Lipinski definition) is 3. The first-order valence-corrected chi connectivity index (χ1v) is 10.7. The van der Waals surface area contributed by atoms with Crippen LogP contribution in [0.2, 0.25) is 0 Å². The first kappa shape index (κ1) is 24.7. The molecule has 0 aliphatic heterocycles. The second-order valence-electron chi connectivity index (χ2n) is 10.4. The average Bonchev–Trinajstić information content (AvgIpc) is 2.59. The second kappa shape index (κ2) is 11.0. The number of nitrogens with two attached hydrogens (primary N) is 1. The van der Waals surface area contributed by atoms with Crippen LogP contribution in [0.4, 0.5) is 0 Å². The quantitative estimate of drug-likeness (QED) is 0.490. The van der Waals surface area contributed by atoms with Gasteiger partial charge in [0.1, 0.15) is 0 Å². The van der Waals surface area contributed by atoms with Crippen LogP contribution >= 0.6 is 0 Å². The van der Waals surface area contributed by atoms with Crippen LogP contribution in [0, 0.1) is 23.7 Å². The fraction of sp³-hybridized carbons (Fsp3) is 0.680. The molecule has 3 nitrogen and oxygen atoms in total. The van der Waals surface area contributed by atoms with Crippen LogP contribution in [-0.4, -0.2) is 37.7 Å². The molecule has 160 valence electrons. The molecule has 0 saturated heterocycles. The first-order chi connectivity index (χ1) is 12.9. The Hall–Kier alpha value is -1.32. The van der Waals surface area contributed by atoms with Gasteiger partial charge in [0, 0.05) is 29.6 Å². The third-order valence-corrected chi connectivity index (χ3v) is 5.01. The number of allylic oxidation sites excluding steroid dienone is 1. The lowest BCUT2D eigenvalue weighted by Crippen LogP contribution is -2.39. The van der Waals surface area contributed by atoms with Crippen LogP contribution in [0.3, 0.4) is 0 Å². The Bertz CT molecular complexity index is 587. The minimum Gasteiger partial charge on any atom is -0.380 e. The van der Waals surface area contributed by atoms with Crippen LogP contribution < -0.4 is 5.73 Å². The molecule has 3 heteroatoms. The van der Waals surface area contributed by atoms with Gasteiger partial charge in [0.25, 0.3) is 0 Å². The van der Waals surface area contributed by atoms with Crippen LogP contribution in [0.15, 0.2) is 36.5 Å². The molecule has 0 radical (unpaired) electrons. The lowest BCUT2D eigenvalue weighted by molar-refractivity contribution is 0.00701. The van der Waals surface area contributed by atoms with E-state index in [9.17, 15) is 0 Å². The lowest BCUT2D eigenvalue weighted by Gasteiger charge is -2.37. The summed E-state index contributed by atoms with van der Waals surface area (Å²) in [6.07, 6.45) is 2.03. The molecule has 0 bridgehead atoms. The number of rotatable bonds is 13. The standard InChI is InChI=1S/C25H44N2O/c1-20(2)15-27(17-25(7,8)19-28-18-24(5,6)16-26)22(4)11-14-23-12-9-21(3)10-13-23/h9-10,12-13,20H,4,11,14-19,26H2,1-3,5-8H3. The van der Waals surface area contributed by atoms with E-state index in [1.807, 2.05) is 0 Å². The molecule has 0 amide bonds. The largest absolute Gasteiger partial charge is 0.380 e. The second-order valence-corrected chi connectivity index (χ2v) is 10.4. The monoisotopic (exact) mass is 388 g/mol. The number of aryl methyl sites for hydroxylation is 2. The van der Waals surface area contributed by atoms with E-state index in [1.165, 1.54) is 16.8 Å². The van der Waals surface area contributed by atoms with Crippen molar-refractivity contribution in [2.24, 2.45) is 22.5 Å². The summed E-state index contributed by atoms with van der Waals surface area (Å²) < 4.78 is 6.04. The summed E-state index contributed by atoms with van der Waals surface area (Å²) in [7, 11) is 0. The molecule has 0 atom stereocenters. The van der Waals surface area contributed by atoms with Crippen LogP contribution in [0.25, 0.3) is 0 Å². The van der Waals surface area contributed by atoms with E-state index in [0.29, 0.717) is 19.1 Å². The highest BCUT2D eigenvalue weighted by Crippen LogP contribution is 2.24. The maximum Gasteiger partial charge on any atom is 0.0534 e. The Kier molecular flexibility index (Phi) is 9.73. The van der Waals surface area contributed by atoms with Crippen LogP contribution in [0.1, 0.15) is 59.1 Å². The van der Waals surface area contributed by atoms with E-state index in [0.717, 1.165) is 32.5 Å². The molecule has 0 unspecified atom stereocenters. The van der Waals surface area contributed by atoms with Gasteiger partial charge < -0.3 is 15.4 Å². The van der Waals surface area contributed by atoms with Crippen molar-refractivity contribution in [3.05, 3.63) is 47.7 Å². The van der Waals surface area contributed by atoms with Crippen molar-refractivity contribution in [2.75, 3.05) is 32.8 Å². The lowest BCUT2D eigenvalue weighted by atomic mass is 9.92. The maximum atomic E-state index is 6.04. The number of benzene rings is 1. The predicted octanol–water partition coefficient (Wildman–Crippen LogP) is 5.43. The Morgan fingerprint density at radius 1 is 1.07 bits per heavy atom. The zero-order valence-electron chi connectivity index (χ0n) is 19.5. The molecule has 0 spiro atoms. The smallest absolute Gasteiger partial charge is 0.0534 e. The molecule has 1 aromatic carbocycles. The van der Waals surface area contributed by atoms with Gasteiger partial charge in [-0.25, -0.2) is 0 Å².